The molecule has 0 aliphatic rings. The lowest BCUT2D eigenvalue weighted by Crippen LogP contribution is -2.23. The van der Waals surface area contributed by atoms with Crippen LogP contribution in [0.1, 0.15) is 10.8 Å². The lowest BCUT2D eigenvalue weighted by Gasteiger charge is -2.11. The summed E-state index contributed by atoms with van der Waals surface area (Å²) in [6.07, 6.45) is 0. The summed E-state index contributed by atoms with van der Waals surface area (Å²) in [4.78, 5) is 23.6. The third-order valence-electron chi connectivity index (χ3n) is 5.16. The van der Waals surface area contributed by atoms with Gasteiger partial charge in [0, 0.05) is 4.88 Å². The van der Waals surface area contributed by atoms with Gasteiger partial charge in [-0.3, -0.25) is 9.36 Å². The quantitative estimate of drug-likeness (QED) is 0.224. The second-order valence-electron chi connectivity index (χ2n) is 7.22. The van der Waals surface area contributed by atoms with E-state index in [1.807, 2.05) is 47.8 Å². The number of rotatable bonds is 8. The van der Waals surface area contributed by atoms with Crippen molar-refractivity contribution < 1.29 is 14.0 Å². The van der Waals surface area contributed by atoms with E-state index in [1.54, 1.807) is 42.3 Å². The van der Waals surface area contributed by atoms with Crippen LogP contribution >= 0.6 is 23.1 Å². The minimum absolute atomic E-state index is 0.0752. The van der Waals surface area contributed by atoms with Gasteiger partial charge in [0.1, 0.15) is 0 Å². The summed E-state index contributed by atoms with van der Waals surface area (Å²) >= 11 is 2.98. The zero-order chi connectivity index (χ0) is 23.5. The summed E-state index contributed by atoms with van der Waals surface area (Å²) in [5.74, 6) is 2.28. The monoisotopic (exact) mass is 492 g/mol. The molecule has 0 bridgehead atoms. The van der Waals surface area contributed by atoms with Gasteiger partial charge in [-0.15, -0.1) is 11.3 Å². The highest BCUT2D eigenvalue weighted by Gasteiger charge is 2.18. The summed E-state index contributed by atoms with van der Waals surface area (Å²) in [6.45, 7) is 0.451. The van der Waals surface area contributed by atoms with Crippen LogP contribution in [0.25, 0.3) is 22.3 Å². The SMILES string of the molecule is COc1cccc(-c2noc(CSc3nc4ccccc4c(=O)n3Cc3cccs3)n2)c1OC. The second-order valence-corrected chi connectivity index (χ2v) is 9.20. The van der Waals surface area contributed by atoms with E-state index in [0.717, 1.165) is 4.88 Å². The molecule has 3 aromatic heterocycles. The Bertz CT molecular complexity index is 1490. The predicted molar refractivity (Wildman–Crippen MR) is 132 cm³/mol. The average Bonchev–Trinajstić information content (AvgIpc) is 3.56. The molecule has 0 radical (unpaired) electrons. The molecule has 0 N–H and O–H groups in total. The molecule has 0 amide bonds. The fourth-order valence-electron chi connectivity index (χ4n) is 3.57. The van der Waals surface area contributed by atoms with Crippen LogP contribution in [0.4, 0.5) is 0 Å². The Morgan fingerprint density at radius 1 is 1.03 bits per heavy atom. The topological polar surface area (TPSA) is 92.3 Å². The number of nitrogens with zero attached hydrogens (tertiary/aromatic N) is 4. The Morgan fingerprint density at radius 2 is 1.91 bits per heavy atom. The maximum atomic E-state index is 13.2. The number of hydrogen-bond donors (Lipinski definition) is 0. The Labute approximate surface area is 203 Å². The second kappa shape index (κ2) is 9.70. The Balaban J connectivity index is 1.45. The summed E-state index contributed by atoms with van der Waals surface area (Å²) in [5, 5.41) is 7.29. The minimum atomic E-state index is -0.0752. The zero-order valence-corrected chi connectivity index (χ0v) is 20.1. The molecular formula is C24H20N4O4S2. The summed E-state index contributed by atoms with van der Waals surface area (Å²) in [6, 6.07) is 16.8. The molecule has 2 aromatic carbocycles. The van der Waals surface area contributed by atoms with E-state index in [2.05, 4.69) is 10.1 Å². The number of ether oxygens (including phenoxy) is 2. The van der Waals surface area contributed by atoms with Crippen LogP contribution in [0, 0.1) is 0 Å². The van der Waals surface area contributed by atoms with Crippen LogP contribution in [0.2, 0.25) is 0 Å². The molecule has 0 saturated heterocycles. The molecule has 3 heterocycles. The van der Waals surface area contributed by atoms with Crippen LogP contribution in [0.15, 0.2) is 74.5 Å². The van der Waals surface area contributed by atoms with Gasteiger partial charge in [-0.2, -0.15) is 4.98 Å². The lowest BCUT2D eigenvalue weighted by molar-refractivity contribution is 0.355. The highest BCUT2D eigenvalue weighted by atomic mass is 32.2. The first-order valence-electron chi connectivity index (χ1n) is 10.4. The number of thiophene rings is 1. The third-order valence-corrected chi connectivity index (χ3v) is 6.98. The molecule has 34 heavy (non-hydrogen) atoms. The third kappa shape index (κ3) is 4.29. The summed E-state index contributed by atoms with van der Waals surface area (Å²) in [5.41, 5.74) is 1.25. The maximum absolute atomic E-state index is 13.2. The number of para-hydroxylation sites is 2. The van der Waals surface area contributed by atoms with Crippen molar-refractivity contribution in [3.05, 3.63) is 81.1 Å². The number of benzene rings is 2. The van der Waals surface area contributed by atoms with E-state index >= 15 is 0 Å². The van der Waals surface area contributed by atoms with Gasteiger partial charge in [-0.05, 0) is 35.7 Å². The molecule has 5 aromatic rings. The molecule has 0 aliphatic carbocycles. The van der Waals surface area contributed by atoms with Crippen molar-refractivity contribution in [3.8, 4) is 22.9 Å². The van der Waals surface area contributed by atoms with Crippen molar-refractivity contribution in [2.24, 2.45) is 0 Å². The molecule has 0 atom stereocenters. The van der Waals surface area contributed by atoms with Crippen molar-refractivity contribution in [2.45, 2.75) is 17.5 Å². The fraction of sp³-hybridized carbons (Fsp3) is 0.167. The Kier molecular flexibility index (Phi) is 6.33. The number of thioether (sulfide) groups is 1. The Morgan fingerprint density at radius 3 is 2.71 bits per heavy atom. The molecule has 0 aliphatic heterocycles. The van der Waals surface area contributed by atoms with Gasteiger partial charge < -0.3 is 14.0 Å². The first-order valence-corrected chi connectivity index (χ1v) is 12.2. The van der Waals surface area contributed by atoms with Crippen LogP contribution in [-0.2, 0) is 12.3 Å². The van der Waals surface area contributed by atoms with Gasteiger partial charge >= 0.3 is 0 Å². The van der Waals surface area contributed by atoms with E-state index in [9.17, 15) is 4.79 Å². The number of aromatic nitrogens is 4. The lowest BCUT2D eigenvalue weighted by atomic mass is 10.2. The van der Waals surface area contributed by atoms with Gasteiger partial charge in [0.2, 0.25) is 11.7 Å². The molecule has 0 spiro atoms. The van der Waals surface area contributed by atoms with Gasteiger partial charge in [0.15, 0.2) is 16.7 Å². The molecule has 0 unspecified atom stereocenters. The number of fused-ring (bicyclic) bond motifs is 1. The van der Waals surface area contributed by atoms with E-state index < -0.39 is 0 Å². The van der Waals surface area contributed by atoms with Gasteiger partial charge in [-0.1, -0.05) is 41.2 Å². The first kappa shape index (κ1) is 22.2. The molecule has 8 nitrogen and oxygen atoms in total. The number of hydrogen-bond acceptors (Lipinski definition) is 9. The standard InChI is InChI=1S/C24H20N4O4S2/c1-30-19-11-5-9-17(21(19)31-2)22-26-20(32-27-22)14-34-24-25-18-10-4-3-8-16(18)23(29)28(24)13-15-7-6-12-33-15/h3-12H,13-14H2,1-2H3. The van der Waals surface area contributed by atoms with Gasteiger partial charge in [0.25, 0.3) is 5.56 Å². The fourth-order valence-corrected chi connectivity index (χ4v) is 5.10. The van der Waals surface area contributed by atoms with Crippen LogP contribution in [0.5, 0.6) is 11.5 Å². The molecule has 10 heteroatoms. The smallest absolute Gasteiger partial charge is 0.262 e. The van der Waals surface area contributed by atoms with E-state index in [-0.39, 0.29) is 5.56 Å². The first-order chi connectivity index (χ1) is 16.7. The average molecular weight is 493 g/mol. The van der Waals surface area contributed by atoms with Gasteiger partial charge in [0.05, 0.1) is 43.0 Å². The zero-order valence-electron chi connectivity index (χ0n) is 18.4. The minimum Gasteiger partial charge on any atom is -0.493 e. The molecular weight excluding hydrogens is 472 g/mol. The summed E-state index contributed by atoms with van der Waals surface area (Å²) in [7, 11) is 3.14. The van der Waals surface area contributed by atoms with Crippen molar-refractivity contribution in [1.82, 2.24) is 19.7 Å². The van der Waals surface area contributed by atoms with E-state index in [1.165, 1.54) is 11.8 Å². The Hall–Kier alpha value is -3.63. The number of methoxy groups -OCH3 is 2. The van der Waals surface area contributed by atoms with Crippen molar-refractivity contribution >= 4 is 34.0 Å². The van der Waals surface area contributed by atoms with E-state index in [0.29, 0.717) is 57.1 Å². The van der Waals surface area contributed by atoms with Crippen LogP contribution in [0.3, 0.4) is 0 Å². The van der Waals surface area contributed by atoms with Crippen molar-refractivity contribution in [1.29, 1.82) is 0 Å². The van der Waals surface area contributed by atoms with Crippen molar-refractivity contribution in [2.75, 3.05) is 14.2 Å². The molecule has 172 valence electrons. The largest absolute Gasteiger partial charge is 0.493 e. The maximum Gasteiger partial charge on any atom is 0.262 e. The van der Waals surface area contributed by atoms with E-state index in [4.69, 9.17) is 19.0 Å². The molecule has 0 fully saturated rings. The summed E-state index contributed by atoms with van der Waals surface area (Å²) < 4.78 is 18.0. The van der Waals surface area contributed by atoms with Crippen LogP contribution in [-0.4, -0.2) is 33.9 Å². The predicted octanol–water partition coefficient (Wildman–Crippen LogP) is 4.87. The highest BCUT2D eigenvalue weighted by molar-refractivity contribution is 7.98. The van der Waals surface area contributed by atoms with Crippen molar-refractivity contribution in [3.63, 3.8) is 0 Å². The van der Waals surface area contributed by atoms with Gasteiger partial charge in [-0.25, -0.2) is 4.98 Å². The molecule has 5 rings (SSSR count). The normalized spacial score (nSPS) is 11.1. The highest BCUT2D eigenvalue weighted by Crippen LogP contribution is 2.36. The van der Waals surface area contributed by atoms with Crippen LogP contribution < -0.4 is 15.0 Å². The molecule has 0 saturated carbocycles.